The van der Waals surface area contributed by atoms with Crippen LogP contribution in [0.3, 0.4) is 0 Å². The minimum atomic E-state index is -0.383. The van der Waals surface area contributed by atoms with Gasteiger partial charge in [0.25, 0.3) is 0 Å². The van der Waals surface area contributed by atoms with Gasteiger partial charge in [-0.3, -0.25) is 0 Å². The Kier molecular flexibility index (Phi) is 6.24. The molecule has 3 aliphatic rings. The molecule has 1 aromatic heterocycles. The van der Waals surface area contributed by atoms with Crippen molar-refractivity contribution in [3.8, 4) is 11.6 Å². The number of benzene rings is 1. The lowest BCUT2D eigenvalue weighted by atomic mass is 9.51. The monoisotopic (exact) mass is 483 g/mol. The first-order chi connectivity index (χ1) is 16.9. The molecule has 3 aliphatic carbocycles. The van der Waals surface area contributed by atoms with Gasteiger partial charge in [-0.2, -0.15) is 0 Å². The Hall–Kier alpha value is -2.13. The first kappa shape index (κ1) is 22.3. The van der Waals surface area contributed by atoms with Gasteiger partial charge in [0.1, 0.15) is 5.75 Å². The zero-order valence-electron chi connectivity index (χ0n) is 21.4. The normalized spacial score (nSPS) is 32.4. The predicted octanol–water partition coefficient (Wildman–Crippen LogP) is 6.22. The summed E-state index contributed by atoms with van der Waals surface area (Å²) in [6.07, 6.45) is 8.79. The number of carbonyl (C=O) groups is 1. The molecule has 0 radical (unpaired) electrons. The average molecular weight is 484 g/mol. The van der Waals surface area contributed by atoms with Crippen LogP contribution in [0.25, 0.3) is 0 Å². The molecule has 0 aliphatic heterocycles. The van der Waals surface area contributed by atoms with Crippen molar-refractivity contribution in [3.05, 3.63) is 53.2 Å². The number of rotatable bonds is 7. The number of methoxy groups -OCH3 is 1. The van der Waals surface area contributed by atoms with Gasteiger partial charge in [-0.05, 0) is 103 Å². The summed E-state index contributed by atoms with van der Waals surface area (Å²) >= 11 is 0. The molecule has 6 heteroatoms. The van der Waals surface area contributed by atoms with E-state index in [1.807, 2.05) is 0 Å². The highest BCUT2D eigenvalue weighted by molar-refractivity contribution is 7.10. The van der Waals surface area contributed by atoms with E-state index in [0.717, 1.165) is 30.4 Å². The van der Waals surface area contributed by atoms with Crippen molar-refractivity contribution in [1.29, 1.82) is 1.28 Å². The van der Waals surface area contributed by atoms with Crippen molar-refractivity contribution in [1.82, 2.24) is 4.98 Å². The number of esters is 1. The lowest BCUT2D eigenvalue weighted by Crippen LogP contribution is -2.45. The minimum absolute atomic E-state index is 0.258. The Balaban J connectivity index is 1.24. The summed E-state index contributed by atoms with van der Waals surface area (Å²) in [4.78, 5) is 15.9. The third kappa shape index (κ3) is 4.11. The van der Waals surface area contributed by atoms with E-state index < -0.39 is 0 Å². The summed E-state index contributed by atoms with van der Waals surface area (Å²) in [7, 11) is 1.11. The van der Waals surface area contributed by atoms with E-state index in [2.05, 4.69) is 37.0 Å². The molecular weight excluding hydrogens is 445 g/mol. The molecule has 1 aromatic carbocycles. The largest absolute Gasteiger partial charge is 0.480 e. The molecule has 1 heterocycles. The van der Waals surface area contributed by atoms with Crippen molar-refractivity contribution in [2.24, 2.45) is 29.1 Å². The third-order valence-electron chi connectivity index (χ3n) is 9.23. The van der Waals surface area contributed by atoms with Gasteiger partial charge in [-0.15, -0.1) is 0 Å². The van der Waals surface area contributed by atoms with Gasteiger partial charge in [0.15, 0.2) is 0 Å². The fraction of sp³-hybridized carbons (Fsp3) is 0.571. The first-order valence-corrected chi connectivity index (χ1v) is 13.0. The van der Waals surface area contributed by atoms with Crippen LogP contribution in [0, 0.1) is 29.1 Å². The molecule has 5 nitrogen and oxygen atoms in total. The molecule has 7 atom stereocenters. The highest BCUT2D eigenvalue weighted by Crippen LogP contribution is 2.64. The summed E-state index contributed by atoms with van der Waals surface area (Å²) in [6, 6.07) is 10.0. The van der Waals surface area contributed by atoms with Crippen LogP contribution in [0.5, 0.6) is 11.6 Å². The van der Waals surface area contributed by atoms with Crippen LogP contribution in [0.4, 0.5) is 0 Å². The number of pyridine rings is 1. The second kappa shape index (κ2) is 9.49. The van der Waals surface area contributed by atoms with Gasteiger partial charge in [-0.25, -0.2) is 9.78 Å². The molecule has 2 aromatic rings. The SMILES string of the molecule is [3H]POc1ccc2c(c1)C[C@@H](C)C1C2CC[C@@]2(C)C1CC[C@@H]2CCOc1ccc(C(=O)OC)cn1. The molecule has 2 fully saturated rings. The average Bonchev–Trinajstić information content (AvgIpc) is 3.20. The maximum absolute atomic E-state index is 11.6. The number of fused-ring (bicyclic) bond motifs is 5. The summed E-state index contributed by atoms with van der Waals surface area (Å²) in [5.74, 6) is 4.51. The number of hydrogen-bond acceptors (Lipinski definition) is 5. The lowest BCUT2D eigenvalue weighted by Gasteiger charge is -2.53. The van der Waals surface area contributed by atoms with Gasteiger partial charge >= 0.3 is 5.97 Å². The molecule has 0 bridgehead atoms. The maximum atomic E-state index is 11.6. The topological polar surface area (TPSA) is 57.7 Å². The quantitative estimate of drug-likeness (QED) is 0.345. The molecule has 0 N–H and O–H groups in total. The van der Waals surface area contributed by atoms with E-state index in [4.69, 9.17) is 15.3 Å². The van der Waals surface area contributed by atoms with Gasteiger partial charge in [0.05, 0.1) is 30.0 Å². The molecule has 0 amide bonds. The van der Waals surface area contributed by atoms with Crippen molar-refractivity contribution in [3.63, 3.8) is 0 Å². The van der Waals surface area contributed by atoms with Crippen LogP contribution in [-0.4, -0.2) is 25.9 Å². The van der Waals surface area contributed by atoms with E-state index in [1.54, 1.807) is 12.1 Å². The number of nitrogens with zero attached hydrogens (tertiary/aromatic N) is 1. The zero-order chi connectivity index (χ0) is 24.6. The molecule has 2 saturated carbocycles. The van der Waals surface area contributed by atoms with Crippen LogP contribution < -0.4 is 9.26 Å². The second-order valence-corrected chi connectivity index (χ2v) is 11.0. The maximum Gasteiger partial charge on any atom is 0.339 e. The lowest BCUT2D eigenvalue weighted by molar-refractivity contribution is 0.000818. The highest BCUT2D eigenvalue weighted by atomic mass is 31.0. The molecule has 182 valence electrons. The number of hydrogen-bond donors (Lipinski definition) is 0. The fourth-order valence-electron chi connectivity index (χ4n) is 7.61. The smallest absolute Gasteiger partial charge is 0.339 e. The van der Waals surface area contributed by atoms with E-state index in [0.29, 0.717) is 41.2 Å². The second-order valence-electron chi connectivity index (χ2n) is 10.8. The zero-order valence-corrected chi connectivity index (χ0v) is 21.4. The predicted molar refractivity (Wildman–Crippen MR) is 135 cm³/mol. The van der Waals surface area contributed by atoms with Gasteiger partial charge < -0.3 is 14.0 Å². The third-order valence-corrected chi connectivity index (χ3v) is 9.47. The Morgan fingerprint density at radius 1 is 1.26 bits per heavy atom. The Bertz CT molecular complexity index is 1060. The molecule has 0 saturated heterocycles. The van der Waals surface area contributed by atoms with E-state index >= 15 is 0 Å². The van der Waals surface area contributed by atoms with Crippen molar-refractivity contribution in [2.75, 3.05) is 13.7 Å². The molecule has 4 unspecified atom stereocenters. The van der Waals surface area contributed by atoms with Crippen molar-refractivity contribution >= 4 is 15.4 Å². The van der Waals surface area contributed by atoms with Crippen LogP contribution >= 0.6 is 9.41 Å². The first-order valence-electron chi connectivity index (χ1n) is 13.1. The summed E-state index contributed by atoms with van der Waals surface area (Å²) in [5.41, 5.74) is 3.77. The fourth-order valence-corrected chi connectivity index (χ4v) is 7.74. The Morgan fingerprint density at radius 3 is 2.91 bits per heavy atom. The summed E-state index contributed by atoms with van der Waals surface area (Å²) in [6.45, 7) is 5.65. The summed E-state index contributed by atoms with van der Waals surface area (Å²) in [5, 5.41) is 0. The van der Waals surface area contributed by atoms with Gasteiger partial charge in [-0.1, -0.05) is 19.9 Å². The molecular formula is C28H36NO4P. The van der Waals surface area contributed by atoms with Crippen LogP contribution in [0.1, 0.15) is 73.4 Å². The van der Waals surface area contributed by atoms with Crippen molar-refractivity contribution < 1.29 is 18.8 Å². The minimum Gasteiger partial charge on any atom is -0.480 e. The van der Waals surface area contributed by atoms with Crippen LogP contribution in [-0.2, 0) is 11.2 Å². The standard InChI is InChI=1S/C28H36NO4P/c1-17-14-19-15-21(33-34)6-7-22(19)23-10-12-28(2)20(5-8-24(28)26(17)23)11-13-32-25-9-4-18(16-29-25)27(30)31-3/h4,6-7,9,15-17,20,23-24,26H,5,8,10-14,34H2,1-3H3/t17-,20-,23?,24?,26?,28-/m1/s1/i34T/t17-,20-,23?,24?,26?,28-,34?. The van der Waals surface area contributed by atoms with Crippen molar-refractivity contribution in [2.45, 2.75) is 58.3 Å². The van der Waals surface area contributed by atoms with E-state index in [9.17, 15) is 4.79 Å². The molecule has 34 heavy (non-hydrogen) atoms. The Labute approximate surface area is 206 Å². The molecule has 0 spiro atoms. The molecule has 5 rings (SSSR count). The van der Waals surface area contributed by atoms with E-state index in [1.165, 1.54) is 50.1 Å². The number of carbonyl (C=O) groups excluding carboxylic acids is 1. The number of ether oxygens (including phenoxy) is 2. The Morgan fingerprint density at radius 2 is 2.15 bits per heavy atom. The van der Waals surface area contributed by atoms with Crippen LogP contribution in [0.15, 0.2) is 36.5 Å². The van der Waals surface area contributed by atoms with E-state index in [-0.39, 0.29) is 15.4 Å². The van der Waals surface area contributed by atoms with Crippen LogP contribution in [0.2, 0.25) is 0 Å². The van der Waals surface area contributed by atoms with Gasteiger partial charge in [0, 0.05) is 12.3 Å². The van der Waals surface area contributed by atoms with Gasteiger partial charge in [0.2, 0.25) is 5.88 Å². The highest BCUT2D eigenvalue weighted by Gasteiger charge is 2.55. The number of aromatic nitrogens is 1. The summed E-state index contributed by atoms with van der Waals surface area (Å²) < 4.78 is 23.6.